The maximum absolute atomic E-state index is 2.27. The Morgan fingerprint density at radius 1 is 0.400 bits per heavy atom. The van der Waals surface area contributed by atoms with Crippen molar-refractivity contribution in [3.05, 3.63) is 0 Å². The van der Waals surface area contributed by atoms with Crippen LogP contribution in [0.15, 0.2) is 0 Å². The molecule has 0 aromatic carbocycles. The van der Waals surface area contributed by atoms with E-state index in [-0.39, 0.29) is 41.0 Å². The normalized spacial score (nSPS) is 10.8. The molecule has 0 radical (unpaired) electrons. The first-order chi connectivity index (χ1) is 8.49. The Balaban J connectivity index is -0.000000116. The summed E-state index contributed by atoms with van der Waals surface area (Å²) in [5.74, 6) is 0. The maximum Gasteiger partial charge on any atom is 0.0757 e. The van der Waals surface area contributed by atoms with Crippen LogP contribution >= 0.6 is 0 Å². The molecular formula is C16H40BrIN2. The molecule has 0 rings (SSSR count). The van der Waals surface area contributed by atoms with E-state index in [1.54, 1.807) is 0 Å². The lowest BCUT2D eigenvalue weighted by Crippen LogP contribution is -3.00. The minimum absolute atomic E-state index is 0. The minimum Gasteiger partial charge on any atom is -1.00 e. The third kappa shape index (κ3) is 9.96. The van der Waals surface area contributed by atoms with Crippen molar-refractivity contribution < 1.29 is 49.9 Å². The number of hydrogen-bond acceptors (Lipinski definition) is 0. The van der Waals surface area contributed by atoms with E-state index in [0.717, 1.165) is 0 Å². The van der Waals surface area contributed by atoms with Crippen molar-refractivity contribution in [1.82, 2.24) is 0 Å². The maximum atomic E-state index is 2.27. The van der Waals surface area contributed by atoms with Gasteiger partial charge in [0.1, 0.15) is 0 Å². The number of nitrogens with zero attached hydrogens (tertiary/aromatic N) is 2. The van der Waals surface area contributed by atoms with Crippen LogP contribution in [-0.4, -0.2) is 61.3 Å². The molecule has 0 saturated carbocycles. The molecule has 0 aromatic heterocycles. The quantitative estimate of drug-likeness (QED) is 0.280. The van der Waals surface area contributed by atoms with Gasteiger partial charge in [-0.2, -0.15) is 0 Å². The fraction of sp³-hybridized carbons (Fsp3) is 1.00. The average Bonchev–Trinajstić information content (AvgIpc) is 2.46. The van der Waals surface area contributed by atoms with Crippen molar-refractivity contribution in [2.75, 3.05) is 52.4 Å². The van der Waals surface area contributed by atoms with E-state index >= 15 is 0 Å². The first-order valence-electron chi connectivity index (χ1n) is 8.19. The van der Waals surface area contributed by atoms with Crippen molar-refractivity contribution in [3.8, 4) is 0 Å². The Morgan fingerprint density at radius 2 is 0.500 bits per heavy atom. The Labute approximate surface area is 157 Å². The van der Waals surface area contributed by atoms with E-state index in [4.69, 9.17) is 0 Å². The molecule has 0 fully saturated rings. The van der Waals surface area contributed by atoms with Gasteiger partial charge in [0.05, 0.1) is 52.4 Å². The lowest BCUT2D eigenvalue weighted by Gasteiger charge is -2.34. The Kier molecular flexibility index (Phi) is 24.1. The molecule has 2 nitrogen and oxygen atoms in total. The summed E-state index contributed by atoms with van der Waals surface area (Å²) < 4.78 is 2.56. The van der Waals surface area contributed by atoms with Crippen LogP contribution in [0.2, 0.25) is 0 Å². The van der Waals surface area contributed by atoms with Crippen LogP contribution in [0.1, 0.15) is 55.4 Å². The number of quaternary nitrogens is 2. The molecule has 0 saturated heterocycles. The summed E-state index contributed by atoms with van der Waals surface area (Å²) >= 11 is 0. The van der Waals surface area contributed by atoms with Gasteiger partial charge in [-0.3, -0.25) is 0 Å². The SMILES string of the molecule is CC[N+](CC)(CC)CC.CC[N+](CC)(CC)CC.[Br-].[I-]. The van der Waals surface area contributed by atoms with Crippen molar-refractivity contribution in [2.45, 2.75) is 55.4 Å². The number of hydrogen-bond donors (Lipinski definition) is 0. The van der Waals surface area contributed by atoms with Crippen molar-refractivity contribution in [3.63, 3.8) is 0 Å². The first-order valence-corrected chi connectivity index (χ1v) is 8.19. The van der Waals surface area contributed by atoms with Crippen LogP contribution in [0.3, 0.4) is 0 Å². The fourth-order valence-corrected chi connectivity index (χ4v) is 2.68. The zero-order valence-electron chi connectivity index (χ0n) is 15.3. The molecule has 0 atom stereocenters. The molecule has 4 heteroatoms. The van der Waals surface area contributed by atoms with Gasteiger partial charge < -0.3 is 49.9 Å². The molecule has 0 aliphatic carbocycles. The number of halogens is 2. The molecule has 0 aliphatic rings. The second kappa shape index (κ2) is 16.5. The van der Waals surface area contributed by atoms with Gasteiger partial charge in [0, 0.05) is 0 Å². The Bertz CT molecular complexity index is 126. The topological polar surface area (TPSA) is 0 Å². The van der Waals surface area contributed by atoms with Gasteiger partial charge in [-0.05, 0) is 55.4 Å². The van der Waals surface area contributed by atoms with Crippen LogP contribution in [0, 0.1) is 0 Å². The summed E-state index contributed by atoms with van der Waals surface area (Å²) in [4.78, 5) is 0. The largest absolute Gasteiger partial charge is 1.00 e. The molecule has 0 amide bonds. The summed E-state index contributed by atoms with van der Waals surface area (Å²) in [6.07, 6.45) is 0. The molecule has 0 spiro atoms. The second-order valence-electron chi connectivity index (χ2n) is 5.21. The molecule has 0 heterocycles. The van der Waals surface area contributed by atoms with Gasteiger partial charge in [0.2, 0.25) is 0 Å². The standard InChI is InChI=1S/2C8H20N.BrH.HI/c2*1-5-9(6-2,7-3)8-4;;/h2*5-8H2,1-4H3;2*1H/q2*+1;;/p-2. The van der Waals surface area contributed by atoms with Gasteiger partial charge in [0.25, 0.3) is 0 Å². The number of rotatable bonds is 8. The lowest BCUT2D eigenvalue weighted by molar-refractivity contribution is -0.921. The Hall–Kier alpha value is 1.13. The van der Waals surface area contributed by atoms with Crippen LogP contribution < -0.4 is 41.0 Å². The van der Waals surface area contributed by atoms with E-state index in [0.29, 0.717) is 0 Å². The van der Waals surface area contributed by atoms with Crippen LogP contribution in [0.5, 0.6) is 0 Å². The Morgan fingerprint density at radius 3 is 0.500 bits per heavy atom. The molecule has 0 aromatic rings. The van der Waals surface area contributed by atoms with E-state index < -0.39 is 0 Å². The molecule has 0 N–H and O–H groups in total. The first kappa shape index (κ1) is 29.2. The molecular weight excluding hydrogens is 427 g/mol. The summed E-state index contributed by atoms with van der Waals surface area (Å²) in [6.45, 7) is 28.4. The molecule has 20 heavy (non-hydrogen) atoms. The molecule has 0 bridgehead atoms. The summed E-state index contributed by atoms with van der Waals surface area (Å²) in [6, 6.07) is 0. The molecule has 0 unspecified atom stereocenters. The second-order valence-corrected chi connectivity index (χ2v) is 5.21. The van der Waals surface area contributed by atoms with Crippen molar-refractivity contribution >= 4 is 0 Å². The van der Waals surface area contributed by atoms with Gasteiger partial charge in [0.15, 0.2) is 0 Å². The van der Waals surface area contributed by atoms with E-state index in [1.807, 2.05) is 0 Å². The highest BCUT2D eigenvalue weighted by molar-refractivity contribution is 4.31. The fourth-order valence-electron chi connectivity index (χ4n) is 2.68. The van der Waals surface area contributed by atoms with Gasteiger partial charge in [-0.25, -0.2) is 0 Å². The van der Waals surface area contributed by atoms with E-state index in [2.05, 4.69) is 55.4 Å². The van der Waals surface area contributed by atoms with Crippen molar-refractivity contribution in [2.24, 2.45) is 0 Å². The van der Waals surface area contributed by atoms with E-state index in [1.165, 1.54) is 61.3 Å². The zero-order chi connectivity index (χ0) is 14.7. The highest BCUT2D eigenvalue weighted by atomic mass is 127. The average molecular weight is 467 g/mol. The van der Waals surface area contributed by atoms with Crippen LogP contribution in [-0.2, 0) is 0 Å². The lowest BCUT2D eigenvalue weighted by atomic mass is 10.3. The van der Waals surface area contributed by atoms with E-state index in [9.17, 15) is 0 Å². The van der Waals surface area contributed by atoms with Crippen LogP contribution in [0.4, 0.5) is 0 Å². The third-order valence-electron chi connectivity index (χ3n) is 5.37. The molecule has 0 aliphatic heterocycles. The monoisotopic (exact) mass is 466 g/mol. The minimum atomic E-state index is 0. The van der Waals surface area contributed by atoms with Crippen LogP contribution in [0.25, 0.3) is 0 Å². The predicted molar refractivity (Wildman–Crippen MR) is 84.8 cm³/mol. The smallest absolute Gasteiger partial charge is 0.0757 e. The summed E-state index contributed by atoms with van der Waals surface area (Å²) in [5.41, 5.74) is 0. The third-order valence-corrected chi connectivity index (χ3v) is 5.37. The highest BCUT2D eigenvalue weighted by Gasteiger charge is 2.16. The zero-order valence-corrected chi connectivity index (χ0v) is 19.1. The highest BCUT2D eigenvalue weighted by Crippen LogP contribution is 2.03. The van der Waals surface area contributed by atoms with Gasteiger partial charge in [-0.1, -0.05) is 0 Å². The predicted octanol–water partition coefficient (Wildman–Crippen LogP) is -2.23. The van der Waals surface area contributed by atoms with Gasteiger partial charge >= 0.3 is 0 Å². The van der Waals surface area contributed by atoms with Crippen molar-refractivity contribution in [1.29, 1.82) is 0 Å². The summed E-state index contributed by atoms with van der Waals surface area (Å²) in [7, 11) is 0. The molecule has 128 valence electrons. The summed E-state index contributed by atoms with van der Waals surface area (Å²) in [5, 5.41) is 0. The van der Waals surface area contributed by atoms with Gasteiger partial charge in [-0.15, -0.1) is 0 Å².